The second-order valence-corrected chi connectivity index (χ2v) is 10.5. The molecule has 1 fully saturated rings. The molecule has 0 N–H and O–H groups in total. The predicted octanol–water partition coefficient (Wildman–Crippen LogP) is 7.39. The fraction of sp³-hybridized carbons (Fsp3) is 0.897. The maximum Gasteiger partial charge on any atom is 0.243 e. The molecule has 0 aromatic carbocycles. The van der Waals surface area contributed by atoms with Gasteiger partial charge < -0.3 is 9.47 Å². The van der Waals surface area contributed by atoms with Crippen LogP contribution >= 0.6 is 0 Å². The minimum absolute atomic E-state index is 0.349. The van der Waals surface area contributed by atoms with Crippen LogP contribution in [0.4, 0.5) is 0 Å². The first-order chi connectivity index (χ1) is 16.3. The van der Waals surface area contributed by atoms with E-state index in [9.17, 15) is 0 Å². The number of rotatable bonds is 22. The van der Waals surface area contributed by atoms with Gasteiger partial charge in [-0.3, -0.25) is 0 Å². The fourth-order valence-electron chi connectivity index (χ4n) is 5.07. The van der Waals surface area contributed by atoms with Crippen molar-refractivity contribution >= 4 is 0 Å². The molecule has 0 aliphatic carbocycles. The van der Waals surface area contributed by atoms with E-state index in [-0.39, 0.29) is 0 Å². The van der Waals surface area contributed by atoms with Crippen molar-refractivity contribution in [2.45, 2.75) is 135 Å². The molecular formula is C29H55N2O2+. The van der Waals surface area contributed by atoms with Gasteiger partial charge in [0.1, 0.15) is 12.4 Å². The van der Waals surface area contributed by atoms with Crippen molar-refractivity contribution in [3.05, 3.63) is 18.7 Å². The maximum absolute atomic E-state index is 5.99. The molecule has 2 unspecified atom stereocenters. The summed E-state index contributed by atoms with van der Waals surface area (Å²) in [7, 11) is 2.07. The Balaban J connectivity index is 1.29. The highest BCUT2D eigenvalue weighted by Gasteiger charge is 2.24. The maximum atomic E-state index is 5.99. The third-order valence-corrected chi connectivity index (χ3v) is 7.21. The van der Waals surface area contributed by atoms with Crippen LogP contribution < -0.4 is 4.57 Å². The summed E-state index contributed by atoms with van der Waals surface area (Å²) in [6.45, 7) is 6.07. The van der Waals surface area contributed by atoms with E-state index in [0.29, 0.717) is 6.10 Å². The first-order valence-electron chi connectivity index (χ1n) is 14.5. The quantitative estimate of drug-likeness (QED) is 0.132. The van der Waals surface area contributed by atoms with Gasteiger partial charge in [-0.15, -0.1) is 0 Å². The zero-order valence-corrected chi connectivity index (χ0v) is 22.2. The largest absolute Gasteiger partial charge is 0.379 e. The fourth-order valence-corrected chi connectivity index (χ4v) is 5.07. The standard InChI is InChI=1S/C29H55N2O2/c1-3-4-5-6-7-8-9-10-11-12-13-16-19-28-24-29(33-25-28)26-32-23-18-15-14-17-20-31-22-21-30(2)27-31/h21-22,27-29H,3-20,23-26H2,1-2H3/q+1. The summed E-state index contributed by atoms with van der Waals surface area (Å²) in [6.07, 6.45) is 31.5. The van der Waals surface area contributed by atoms with E-state index in [4.69, 9.17) is 9.47 Å². The zero-order chi connectivity index (χ0) is 23.4. The number of aromatic nitrogens is 2. The van der Waals surface area contributed by atoms with Crippen LogP contribution in [0.1, 0.15) is 122 Å². The summed E-state index contributed by atoms with van der Waals surface area (Å²) < 4.78 is 16.3. The van der Waals surface area contributed by atoms with Gasteiger partial charge in [-0.2, -0.15) is 0 Å². The Kier molecular flexibility index (Phi) is 16.7. The van der Waals surface area contributed by atoms with Gasteiger partial charge in [0.05, 0.1) is 26.3 Å². The Labute approximate surface area is 205 Å². The van der Waals surface area contributed by atoms with Crippen LogP contribution in [0.25, 0.3) is 0 Å². The highest BCUT2D eigenvalue weighted by atomic mass is 16.5. The summed E-state index contributed by atoms with van der Waals surface area (Å²) in [6, 6.07) is 0. The highest BCUT2D eigenvalue weighted by molar-refractivity contribution is 4.73. The molecule has 192 valence electrons. The normalized spacial score (nSPS) is 18.4. The van der Waals surface area contributed by atoms with Crippen molar-refractivity contribution in [3.8, 4) is 0 Å². The van der Waals surface area contributed by atoms with E-state index in [1.54, 1.807) is 0 Å². The van der Waals surface area contributed by atoms with E-state index in [0.717, 1.165) is 32.3 Å². The van der Waals surface area contributed by atoms with E-state index in [2.05, 4.69) is 41.8 Å². The molecule has 1 aromatic rings. The van der Waals surface area contributed by atoms with E-state index in [1.807, 2.05) is 0 Å². The van der Waals surface area contributed by atoms with E-state index < -0.39 is 0 Å². The minimum Gasteiger partial charge on any atom is -0.379 e. The van der Waals surface area contributed by atoms with Gasteiger partial charge >= 0.3 is 0 Å². The van der Waals surface area contributed by atoms with Crippen molar-refractivity contribution in [1.29, 1.82) is 0 Å². The number of hydrogen-bond acceptors (Lipinski definition) is 2. The molecule has 0 spiro atoms. The van der Waals surface area contributed by atoms with E-state index >= 15 is 0 Å². The van der Waals surface area contributed by atoms with Gasteiger partial charge in [0.25, 0.3) is 0 Å². The number of aryl methyl sites for hydroxylation is 2. The van der Waals surface area contributed by atoms with Crippen molar-refractivity contribution < 1.29 is 14.0 Å². The van der Waals surface area contributed by atoms with Crippen molar-refractivity contribution in [1.82, 2.24) is 4.57 Å². The Morgan fingerprint density at radius 2 is 1.48 bits per heavy atom. The molecule has 0 saturated carbocycles. The van der Waals surface area contributed by atoms with Crippen LogP contribution in [0.15, 0.2) is 18.7 Å². The smallest absolute Gasteiger partial charge is 0.243 e. The first kappa shape index (κ1) is 28.4. The summed E-state index contributed by atoms with van der Waals surface area (Å²) >= 11 is 0. The molecule has 33 heavy (non-hydrogen) atoms. The third-order valence-electron chi connectivity index (χ3n) is 7.21. The Hall–Kier alpha value is -0.870. The van der Waals surface area contributed by atoms with E-state index in [1.165, 1.54) is 116 Å². The molecule has 1 saturated heterocycles. The second-order valence-electron chi connectivity index (χ2n) is 10.5. The Morgan fingerprint density at radius 3 is 2.15 bits per heavy atom. The average molecular weight is 464 g/mol. The Morgan fingerprint density at radius 1 is 0.848 bits per heavy atom. The van der Waals surface area contributed by atoms with Crippen LogP contribution in [0, 0.1) is 5.92 Å². The molecule has 2 atom stereocenters. The van der Waals surface area contributed by atoms with Crippen molar-refractivity contribution in [2.24, 2.45) is 13.0 Å². The van der Waals surface area contributed by atoms with Gasteiger partial charge in [-0.25, -0.2) is 9.13 Å². The Bertz CT molecular complexity index is 560. The molecule has 1 aliphatic heterocycles. The molecule has 1 aliphatic rings. The molecule has 4 nitrogen and oxygen atoms in total. The molecule has 0 radical (unpaired) electrons. The average Bonchev–Trinajstić information content (AvgIpc) is 3.45. The van der Waals surface area contributed by atoms with Crippen molar-refractivity contribution in [3.63, 3.8) is 0 Å². The predicted molar refractivity (Wildman–Crippen MR) is 138 cm³/mol. The van der Waals surface area contributed by atoms with Gasteiger partial charge in [0, 0.05) is 13.2 Å². The summed E-state index contributed by atoms with van der Waals surface area (Å²) in [5, 5.41) is 0. The second kappa shape index (κ2) is 19.4. The SMILES string of the molecule is CCCCCCCCCCCCCCC1COC(COCCCCCCn2cc[n+](C)c2)C1. The molecule has 2 rings (SSSR count). The minimum atomic E-state index is 0.349. The molecular weight excluding hydrogens is 408 g/mol. The molecule has 4 heteroatoms. The number of nitrogens with zero attached hydrogens (tertiary/aromatic N) is 2. The van der Waals surface area contributed by atoms with Crippen LogP contribution in [0.3, 0.4) is 0 Å². The highest BCUT2D eigenvalue weighted by Crippen LogP contribution is 2.25. The molecule has 0 bridgehead atoms. The lowest BCUT2D eigenvalue weighted by atomic mass is 9.97. The monoisotopic (exact) mass is 463 g/mol. The van der Waals surface area contributed by atoms with Gasteiger partial charge in [0.15, 0.2) is 0 Å². The summed E-state index contributed by atoms with van der Waals surface area (Å²) in [5.41, 5.74) is 0. The first-order valence-corrected chi connectivity index (χ1v) is 14.5. The van der Waals surface area contributed by atoms with Crippen molar-refractivity contribution in [2.75, 3.05) is 19.8 Å². The van der Waals surface area contributed by atoms with Crippen LogP contribution in [0.5, 0.6) is 0 Å². The lowest BCUT2D eigenvalue weighted by Crippen LogP contribution is -2.23. The summed E-state index contributed by atoms with van der Waals surface area (Å²) in [5.74, 6) is 0.775. The number of imidazole rings is 1. The van der Waals surface area contributed by atoms with Crippen LogP contribution in [0.2, 0.25) is 0 Å². The third kappa shape index (κ3) is 14.9. The number of unbranched alkanes of at least 4 members (excludes halogenated alkanes) is 14. The van der Waals surface area contributed by atoms with Gasteiger partial charge in [-0.05, 0) is 38.0 Å². The van der Waals surface area contributed by atoms with Crippen LogP contribution in [-0.2, 0) is 23.1 Å². The molecule has 1 aromatic heterocycles. The molecule has 0 amide bonds. The lowest BCUT2D eigenvalue weighted by Gasteiger charge is -2.10. The van der Waals surface area contributed by atoms with Gasteiger partial charge in [-0.1, -0.05) is 90.4 Å². The van der Waals surface area contributed by atoms with Gasteiger partial charge in [0.2, 0.25) is 6.33 Å². The summed E-state index contributed by atoms with van der Waals surface area (Å²) in [4.78, 5) is 0. The number of ether oxygens (including phenoxy) is 2. The van der Waals surface area contributed by atoms with Crippen LogP contribution in [-0.4, -0.2) is 30.5 Å². The number of hydrogen-bond donors (Lipinski definition) is 0. The lowest BCUT2D eigenvalue weighted by molar-refractivity contribution is -0.671. The zero-order valence-electron chi connectivity index (χ0n) is 22.2. The molecule has 2 heterocycles. The topological polar surface area (TPSA) is 27.3 Å².